The van der Waals surface area contributed by atoms with E-state index in [-0.39, 0.29) is 5.57 Å². The van der Waals surface area contributed by atoms with Gasteiger partial charge < -0.3 is 5.11 Å². The number of unbranched alkanes of at least 4 members (excludes halogenated alkanes) is 6. The van der Waals surface area contributed by atoms with E-state index in [0.29, 0.717) is 6.42 Å². The molecule has 0 heterocycles. The molecule has 1 N–H and O–H groups in total. The fourth-order valence-corrected chi connectivity index (χ4v) is 1.77. The Morgan fingerprint density at radius 2 is 1.68 bits per heavy atom. The van der Waals surface area contributed by atoms with Gasteiger partial charge in [-0.2, -0.15) is 0 Å². The van der Waals surface area contributed by atoms with Crippen LogP contribution >= 0.6 is 0 Å². The van der Waals surface area contributed by atoms with Crippen molar-refractivity contribution in [2.75, 3.05) is 0 Å². The lowest BCUT2D eigenvalue weighted by Gasteiger charge is -2.11. The van der Waals surface area contributed by atoms with Gasteiger partial charge in [-0.15, -0.1) is 0 Å². The molecule has 0 aliphatic heterocycles. The Bertz CT molecular complexity index is 364. The minimum atomic E-state index is -0.998. The van der Waals surface area contributed by atoms with Gasteiger partial charge in [-0.3, -0.25) is 9.78 Å². The Morgan fingerprint density at radius 3 is 2.27 bits per heavy atom. The van der Waals surface area contributed by atoms with Gasteiger partial charge in [-0.05, 0) is 6.42 Å². The van der Waals surface area contributed by atoms with Gasteiger partial charge in [-0.1, -0.05) is 65.0 Å². The van der Waals surface area contributed by atoms with Gasteiger partial charge in [0.1, 0.15) is 0 Å². The second kappa shape index (κ2) is 13.0. The summed E-state index contributed by atoms with van der Waals surface area (Å²) >= 11 is 0. The molecule has 0 fully saturated rings. The van der Waals surface area contributed by atoms with Gasteiger partial charge in [0.25, 0.3) is 0 Å². The molecule has 1 unspecified atom stereocenters. The first-order valence-corrected chi connectivity index (χ1v) is 7.61. The third-order valence-corrected chi connectivity index (χ3v) is 3.14. The molecule has 1 atom stereocenters. The van der Waals surface area contributed by atoms with Crippen molar-refractivity contribution in [1.29, 1.82) is 0 Å². The van der Waals surface area contributed by atoms with Gasteiger partial charge in [0, 0.05) is 11.1 Å². The third kappa shape index (κ3) is 10.1. The average molecular weight is 314 g/mol. The predicted molar refractivity (Wildman–Crippen MR) is 81.2 cm³/mol. The van der Waals surface area contributed by atoms with Crippen molar-refractivity contribution in [3.8, 4) is 0 Å². The predicted octanol–water partition coefficient (Wildman–Crippen LogP) is 3.16. The molecule has 0 aromatic carbocycles. The van der Waals surface area contributed by atoms with E-state index in [1.54, 1.807) is 0 Å². The van der Waals surface area contributed by atoms with Crippen molar-refractivity contribution in [3.63, 3.8) is 0 Å². The maximum Gasteiger partial charge on any atom is 0.375 e. The van der Waals surface area contributed by atoms with Crippen LogP contribution in [0.3, 0.4) is 0 Å². The molecule has 0 aliphatic rings. The maximum absolute atomic E-state index is 11.4. The van der Waals surface area contributed by atoms with Gasteiger partial charge in [0.05, 0.1) is 11.7 Å². The van der Waals surface area contributed by atoms with E-state index in [0.717, 1.165) is 25.3 Å². The van der Waals surface area contributed by atoms with Crippen LogP contribution in [-0.4, -0.2) is 23.1 Å². The smallest absolute Gasteiger partial charge is 0.375 e. The highest BCUT2D eigenvalue weighted by atomic mass is 17.5. The lowest BCUT2D eigenvalue weighted by atomic mass is 10.0. The van der Waals surface area contributed by atoms with Crippen LogP contribution in [-0.2, 0) is 24.4 Å². The van der Waals surface area contributed by atoms with Gasteiger partial charge in [0.15, 0.2) is 0 Å². The first kappa shape index (κ1) is 20.3. The molecule has 6 nitrogen and oxygen atoms in total. The van der Waals surface area contributed by atoms with Crippen molar-refractivity contribution in [1.82, 2.24) is 0 Å². The van der Waals surface area contributed by atoms with E-state index in [2.05, 4.69) is 34.9 Å². The Balaban J connectivity index is 3.74. The van der Waals surface area contributed by atoms with E-state index in [1.807, 2.05) is 0 Å². The molecular weight excluding hydrogens is 288 g/mol. The van der Waals surface area contributed by atoms with Crippen LogP contribution in [0.2, 0.25) is 0 Å². The lowest BCUT2D eigenvalue weighted by Crippen LogP contribution is -2.20. The van der Waals surface area contributed by atoms with Crippen molar-refractivity contribution in [2.24, 2.45) is 0 Å². The average Bonchev–Trinajstić information content (AvgIpc) is 2.52. The standard InChI is InChI=1S/C16H26O6/c1-4-6-7-8-9-10-11-12-14(17)13(3)16(19)21-22-20-15(18)5-2/h5,14,17H,2-4,6-12H2,1H3. The lowest BCUT2D eigenvalue weighted by molar-refractivity contribution is -0.456. The van der Waals surface area contributed by atoms with Crippen LogP contribution in [0.25, 0.3) is 0 Å². The molecule has 0 aliphatic carbocycles. The number of hydrogen-bond donors (Lipinski definition) is 1. The van der Waals surface area contributed by atoms with Crippen molar-refractivity contribution >= 4 is 11.9 Å². The summed E-state index contributed by atoms with van der Waals surface area (Å²) in [6, 6.07) is 0. The third-order valence-electron chi connectivity index (χ3n) is 3.14. The molecule has 0 aromatic heterocycles. The van der Waals surface area contributed by atoms with E-state index >= 15 is 0 Å². The SMILES string of the molecule is C=CC(=O)OOOC(=O)C(=C)C(O)CCCCCCCCC. The topological polar surface area (TPSA) is 82.1 Å². The van der Waals surface area contributed by atoms with Gasteiger partial charge >= 0.3 is 11.9 Å². The van der Waals surface area contributed by atoms with Gasteiger partial charge in [0.2, 0.25) is 0 Å². The summed E-state index contributed by atoms with van der Waals surface area (Å²) in [5.74, 6) is -1.88. The van der Waals surface area contributed by atoms with Crippen LogP contribution in [0.5, 0.6) is 0 Å². The Morgan fingerprint density at radius 1 is 1.09 bits per heavy atom. The van der Waals surface area contributed by atoms with Crippen molar-refractivity contribution in [2.45, 2.75) is 64.4 Å². The fourth-order valence-electron chi connectivity index (χ4n) is 1.77. The van der Waals surface area contributed by atoms with Crippen LogP contribution in [0.1, 0.15) is 58.3 Å². The summed E-state index contributed by atoms with van der Waals surface area (Å²) in [5, 5.41) is 13.8. The van der Waals surface area contributed by atoms with Crippen LogP contribution in [0, 0.1) is 0 Å². The van der Waals surface area contributed by atoms with E-state index in [9.17, 15) is 14.7 Å². The van der Waals surface area contributed by atoms with Crippen LogP contribution in [0.4, 0.5) is 0 Å². The highest BCUT2D eigenvalue weighted by Crippen LogP contribution is 2.13. The summed E-state index contributed by atoms with van der Waals surface area (Å²) in [7, 11) is 0. The fraction of sp³-hybridized carbons (Fsp3) is 0.625. The van der Waals surface area contributed by atoms with Crippen molar-refractivity contribution in [3.05, 3.63) is 24.8 Å². The van der Waals surface area contributed by atoms with Crippen LogP contribution < -0.4 is 0 Å². The number of carbonyl (C=O) groups is 2. The summed E-state index contributed by atoms with van der Waals surface area (Å²) in [6.45, 7) is 8.75. The highest BCUT2D eigenvalue weighted by molar-refractivity contribution is 5.88. The summed E-state index contributed by atoms with van der Waals surface area (Å²) in [5.41, 5.74) is -0.138. The number of hydrogen-bond acceptors (Lipinski definition) is 6. The molecule has 0 saturated heterocycles. The number of carbonyl (C=O) groups excluding carboxylic acids is 2. The first-order chi connectivity index (χ1) is 10.5. The second-order valence-electron chi connectivity index (χ2n) is 5.00. The van der Waals surface area contributed by atoms with E-state index in [4.69, 9.17) is 0 Å². The summed E-state index contributed by atoms with van der Waals surface area (Å²) < 4.78 is 0. The highest BCUT2D eigenvalue weighted by Gasteiger charge is 2.19. The molecule has 22 heavy (non-hydrogen) atoms. The molecule has 0 rings (SSSR count). The maximum atomic E-state index is 11.4. The zero-order valence-electron chi connectivity index (χ0n) is 13.2. The molecule has 0 spiro atoms. The summed E-state index contributed by atoms with van der Waals surface area (Å²) in [4.78, 5) is 30.3. The Kier molecular flexibility index (Phi) is 12.1. The molecular formula is C16H26O6. The number of aliphatic hydroxyl groups excluding tert-OH is 1. The summed E-state index contributed by atoms with van der Waals surface area (Å²) in [6.07, 6.45) is 8.07. The molecule has 0 aromatic rings. The first-order valence-electron chi connectivity index (χ1n) is 7.61. The Hall–Kier alpha value is -1.66. The van der Waals surface area contributed by atoms with Crippen LogP contribution in [0.15, 0.2) is 24.8 Å². The number of rotatable bonds is 13. The minimum absolute atomic E-state index is 0.138. The molecule has 6 heteroatoms. The normalized spacial score (nSPS) is 11.5. The van der Waals surface area contributed by atoms with E-state index in [1.165, 1.54) is 25.7 Å². The van der Waals surface area contributed by atoms with E-state index < -0.39 is 18.0 Å². The molecule has 0 amide bonds. The minimum Gasteiger partial charge on any atom is -0.388 e. The Labute approximate surface area is 131 Å². The molecule has 0 bridgehead atoms. The monoisotopic (exact) mass is 314 g/mol. The van der Waals surface area contributed by atoms with Crippen molar-refractivity contribution < 1.29 is 29.5 Å². The zero-order chi connectivity index (χ0) is 16.8. The number of aliphatic hydroxyl groups is 1. The molecule has 0 radical (unpaired) electrons. The largest absolute Gasteiger partial charge is 0.388 e. The molecule has 0 saturated carbocycles. The second-order valence-corrected chi connectivity index (χ2v) is 5.00. The quantitative estimate of drug-likeness (QED) is 0.243. The zero-order valence-corrected chi connectivity index (χ0v) is 13.2. The molecule has 126 valence electrons. The van der Waals surface area contributed by atoms with Gasteiger partial charge in [-0.25, -0.2) is 9.59 Å².